The highest BCUT2D eigenvalue weighted by Crippen LogP contribution is 2.14. The molecule has 0 fully saturated rings. The monoisotopic (exact) mass is 314 g/mol. The van der Waals surface area contributed by atoms with Crippen LogP contribution in [0.25, 0.3) is 0 Å². The van der Waals surface area contributed by atoms with Gasteiger partial charge in [0.1, 0.15) is 0 Å². The van der Waals surface area contributed by atoms with Gasteiger partial charge in [-0.3, -0.25) is 0 Å². The van der Waals surface area contributed by atoms with Crippen LogP contribution in [0.15, 0.2) is 29.2 Å². The summed E-state index contributed by atoms with van der Waals surface area (Å²) >= 11 is 0. The van der Waals surface area contributed by atoms with Crippen molar-refractivity contribution >= 4 is 10.0 Å². The Bertz CT molecular complexity index is 510. The number of nitrogens with one attached hydrogen (secondary N) is 1. The minimum atomic E-state index is -3.44. The highest BCUT2D eigenvalue weighted by atomic mass is 32.2. The molecule has 0 saturated heterocycles. The topological polar surface area (TPSA) is 81.4 Å². The van der Waals surface area contributed by atoms with Crippen molar-refractivity contribution in [3.63, 3.8) is 0 Å². The summed E-state index contributed by atoms with van der Waals surface area (Å²) < 4.78 is 32.2. The minimum absolute atomic E-state index is 0.101. The van der Waals surface area contributed by atoms with Gasteiger partial charge in [0.2, 0.25) is 10.0 Å². The van der Waals surface area contributed by atoms with E-state index in [2.05, 4.69) is 4.72 Å². The van der Waals surface area contributed by atoms with Gasteiger partial charge < -0.3 is 10.5 Å². The fraction of sp³-hybridized carbons (Fsp3) is 0.600. The van der Waals surface area contributed by atoms with E-state index in [0.717, 1.165) is 18.4 Å². The fourth-order valence-electron chi connectivity index (χ4n) is 1.79. The molecule has 1 aromatic rings. The molecular weight excluding hydrogens is 288 g/mol. The molecule has 0 spiro atoms. The second-order valence-corrected chi connectivity index (χ2v) is 7.15. The highest BCUT2D eigenvalue weighted by molar-refractivity contribution is 7.89. The van der Waals surface area contributed by atoms with E-state index in [1.165, 1.54) is 0 Å². The molecule has 0 saturated carbocycles. The zero-order chi connectivity index (χ0) is 15.9. The summed E-state index contributed by atoms with van der Waals surface area (Å²) in [6.07, 6.45) is 1.80. The molecule has 0 aliphatic heterocycles. The zero-order valence-corrected chi connectivity index (χ0v) is 13.8. The summed E-state index contributed by atoms with van der Waals surface area (Å²) in [4.78, 5) is 0.269. The molecule has 0 bridgehead atoms. The maximum atomic E-state index is 12.1. The molecule has 0 amide bonds. The fourth-order valence-corrected chi connectivity index (χ4v) is 2.86. The maximum Gasteiger partial charge on any atom is 0.240 e. The van der Waals surface area contributed by atoms with Crippen LogP contribution in [0.3, 0.4) is 0 Å². The van der Waals surface area contributed by atoms with Gasteiger partial charge in [-0.15, -0.1) is 0 Å². The predicted molar refractivity (Wildman–Crippen MR) is 84.6 cm³/mol. The molecular formula is C15H26N2O3S. The molecule has 1 aromatic carbocycles. The first-order valence-electron chi connectivity index (χ1n) is 7.29. The molecule has 5 nitrogen and oxygen atoms in total. The van der Waals surface area contributed by atoms with E-state index in [1.807, 2.05) is 20.8 Å². The van der Waals surface area contributed by atoms with Gasteiger partial charge in [0, 0.05) is 19.2 Å². The van der Waals surface area contributed by atoms with Crippen LogP contribution in [-0.2, 0) is 14.8 Å². The summed E-state index contributed by atoms with van der Waals surface area (Å²) in [7, 11) is -3.44. The molecule has 0 aliphatic rings. The summed E-state index contributed by atoms with van der Waals surface area (Å²) in [5.74, 6) is 0. The third-order valence-corrected chi connectivity index (χ3v) is 4.51. The first kappa shape index (κ1) is 18.1. The van der Waals surface area contributed by atoms with Gasteiger partial charge in [-0.2, -0.15) is 0 Å². The van der Waals surface area contributed by atoms with Crippen molar-refractivity contribution < 1.29 is 13.2 Å². The van der Waals surface area contributed by atoms with Crippen molar-refractivity contribution in [3.8, 4) is 0 Å². The van der Waals surface area contributed by atoms with Gasteiger partial charge in [-0.25, -0.2) is 13.1 Å². The van der Waals surface area contributed by atoms with Crippen molar-refractivity contribution in [1.29, 1.82) is 0 Å². The van der Waals surface area contributed by atoms with Crippen molar-refractivity contribution in [3.05, 3.63) is 29.8 Å². The molecule has 1 atom stereocenters. The average Bonchev–Trinajstić information content (AvgIpc) is 2.42. The molecule has 0 radical (unpaired) electrons. The Kier molecular flexibility index (Phi) is 7.31. The number of hydrogen-bond donors (Lipinski definition) is 2. The number of benzene rings is 1. The minimum Gasteiger partial charge on any atom is -0.379 e. The Morgan fingerprint density at radius 3 is 2.29 bits per heavy atom. The van der Waals surface area contributed by atoms with Crippen molar-refractivity contribution in [1.82, 2.24) is 4.72 Å². The smallest absolute Gasteiger partial charge is 0.240 e. The second-order valence-electron chi connectivity index (χ2n) is 5.38. The SMILES string of the molecule is CC(C)OCCCCNS(=O)(=O)c1ccc(C(C)N)cc1. The second kappa shape index (κ2) is 8.48. The largest absolute Gasteiger partial charge is 0.379 e. The van der Waals surface area contributed by atoms with Gasteiger partial charge in [0.25, 0.3) is 0 Å². The van der Waals surface area contributed by atoms with Crippen LogP contribution in [0.5, 0.6) is 0 Å². The number of rotatable bonds is 9. The van der Waals surface area contributed by atoms with Gasteiger partial charge in [-0.05, 0) is 51.3 Å². The van der Waals surface area contributed by atoms with Gasteiger partial charge in [0.05, 0.1) is 11.0 Å². The first-order chi connectivity index (χ1) is 9.83. The number of ether oxygens (including phenoxy) is 1. The third-order valence-electron chi connectivity index (χ3n) is 3.03. The van der Waals surface area contributed by atoms with E-state index in [0.29, 0.717) is 13.2 Å². The quantitative estimate of drug-likeness (QED) is 0.685. The number of hydrogen-bond acceptors (Lipinski definition) is 4. The lowest BCUT2D eigenvalue weighted by Crippen LogP contribution is -2.25. The van der Waals surface area contributed by atoms with E-state index in [4.69, 9.17) is 10.5 Å². The molecule has 0 aliphatic carbocycles. The molecule has 0 heterocycles. The van der Waals surface area contributed by atoms with Gasteiger partial charge in [-0.1, -0.05) is 12.1 Å². The molecule has 1 rings (SSSR count). The summed E-state index contributed by atoms with van der Waals surface area (Å²) in [5.41, 5.74) is 6.66. The summed E-state index contributed by atoms with van der Waals surface area (Å²) in [6, 6.07) is 6.56. The van der Waals surface area contributed by atoms with Crippen LogP contribution in [0.1, 0.15) is 45.2 Å². The Balaban J connectivity index is 2.43. The summed E-state index contributed by atoms with van der Waals surface area (Å²) in [5, 5.41) is 0. The van der Waals surface area contributed by atoms with Crippen LogP contribution in [0, 0.1) is 0 Å². The Labute approximate surface area is 127 Å². The van der Waals surface area contributed by atoms with Crippen LogP contribution in [0.2, 0.25) is 0 Å². The molecule has 1 unspecified atom stereocenters. The predicted octanol–water partition coefficient (Wildman–Crippen LogP) is 2.19. The Morgan fingerprint density at radius 1 is 1.14 bits per heavy atom. The molecule has 3 N–H and O–H groups in total. The number of unbranched alkanes of at least 4 members (excludes halogenated alkanes) is 1. The standard InChI is InChI=1S/C15H26N2O3S/c1-12(2)20-11-5-4-10-17-21(18,19)15-8-6-14(7-9-15)13(3)16/h6-9,12-13,17H,4-5,10-11,16H2,1-3H3. The van der Waals surface area contributed by atoms with E-state index < -0.39 is 10.0 Å². The first-order valence-corrected chi connectivity index (χ1v) is 8.78. The van der Waals surface area contributed by atoms with Crippen LogP contribution in [-0.4, -0.2) is 27.7 Å². The average molecular weight is 314 g/mol. The lowest BCUT2D eigenvalue weighted by molar-refractivity contribution is 0.0762. The molecule has 6 heteroatoms. The van der Waals surface area contributed by atoms with Crippen molar-refractivity contribution in [2.75, 3.05) is 13.2 Å². The lowest BCUT2D eigenvalue weighted by Gasteiger charge is -2.10. The van der Waals surface area contributed by atoms with Crippen LogP contribution in [0.4, 0.5) is 0 Å². The number of sulfonamides is 1. The van der Waals surface area contributed by atoms with Crippen molar-refractivity contribution in [2.45, 2.75) is 50.7 Å². The third kappa shape index (κ3) is 6.56. The molecule has 21 heavy (non-hydrogen) atoms. The zero-order valence-electron chi connectivity index (χ0n) is 13.0. The Hall–Kier alpha value is -0.950. The van der Waals surface area contributed by atoms with Crippen LogP contribution < -0.4 is 10.5 Å². The van der Waals surface area contributed by atoms with E-state index in [9.17, 15) is 8.42 Å². The van der Waals surface area contributed by atoms with Crippen molar-refractivity contribution in [2.24, 2.45) is 5.73 Å². The van der Waals surface area contributed by atoms with Gasteiger partial charge >= 0.3 is 0 Å². The maximum absolute atomic E-state index is 12.1. The Morgan fingerprint density at radius 2 is 1.76 bits per heavy atom. The summed E-state index contributed by atoms with van der Waals surface area (Å²) in [6.45, 7) is 6.89. The lowest BCUT2D eigenvalue weighted by atomic mass is 10.1. The molecule has 120 valence electrons. The van der Waals surface area contributed by atoms with E-state index in [1.54, 1.807) is 24.3 Å². The normalized spacial score (nSPS) is 13.6. The van der Waals surface area contributed by atoms with E-state index in [-0.39, 0.29) is 17.0 Å². The molecule has 0 aromatic heterocycles. The van der Waals surface area contributed by atoms with E-state index >= 15 is 0 Å². The number of nitrogens with two attached hydrogens (primary N) is 1. The van der Waals surface area contributed by atoms with Crippen LogP contribution >= 0.6 is 0 Å². The highest BCUT2D eigenvalue weighted by Gasteiger charge is 2.13. The van der Waals surface area contributed by atoms with Gasteiger partial charge in [0.15, 0.2) is 0 Å².